The number of alkyl halides is 2. The summed E-state index contributed by atoms with van der Waals surface area (Å²) in [6, 6.07) is 15.5. The van der Waals surface area contributed by atoms with Gasteiger partial charge in [0.15, 0.2) is 5.82 Å². The van der Waals surface area contributed by atoms with E-state index in [0.717, 1.165) is 12.3 Å². The molecule has 314 valence electrons. The van der Waals surface area contributed by atoms with Gasteiger partial charge < -0.3 is 40.4 Å². The molecule has 17 nitrogen and oxygen atoms in total. The number of phenols is 2. The van der Waals surface area contributed by atoms with E-state index >= 15 is 0 Å². The molecule has 2 aromatic heterocycles. The molecule has 6 rings (SSSR count). The lowest BCUT2D eigenvalue weighted by molar-refractivity contribution is -0.130. The number of aromatic nitrogens is 5. The van der Waals surface area contributed by atoms with Crippen molar-refractivity contribution in [3.05, 3.63) is 100 Å². The quantitative estimate of drug-likeness (QED) is 0.0924. The number of rotatable bonds is 14. The minimum atomic E-state index is -3.50. The number of ether oxygens (including phenoxy) is 2. The molecule has 1 saturated heterocycles. The van der Waals surface area contributed by atoms with E-state index in [1.807, 2.05) is 13.8 Å². The van der Waals surface area contributed by atoms with Crippen LogP contribution in [0.5, 0.6) is 23.0 Å². The van der Waals surface area contributed by atoms with Crippen LogP contribution in [0.25, 0.3) is 17.1 Å². The van der Waals surface area contributed by atoms with Gasteiger partial charge in [0.2, 0.25) is 18.0 Å². The average Bonchev–Trinajstić information content (AvgIpc) is 3.77. The Morgan fingerprint density at radius 3 is 2.22 bits per heavy atom. The summed E-state index contributed by atoms with van der Waals surface area (Å²) in [4.78, 5) is 66.8. The van der Waals surface area contributed by atoms with Gasteiger partial charge in [0.05, 0.1) is 5.56 Å². The van der Waals surface area contributed by atoms with E-state index in [9.17, 15) is 43.0 Å². The van der Waals surface area contributed by atoms with Crippen molar-refractivity contribution in [1.82, 2.24) is 34.9 Å². The molecule has 3 aromatic carbocycles. The van der Waals surface area contributed by atoms with Crippen LogP contribution in [0.4, 0.5) is 14.6 Å². The van der Waals surface area contributed by atoms with Crippen molar-refractivity contribution in [2.45, 2.75) is 71.3 Å². The third-order valence-electron chi connectivity index (χ3n) is 9.52. The Morgan fingerprint density at radius 2 is 1.63 bits per heavy atom. The van der Waals surface area contributed by atoms with Gasteiger partial charge >= 0.3 is 5.69 Å². The molecule has 0 radical (unpaired) electrons. The molecule has 3 atom stereocenters. The van der Waals surface area contributed by atoms with Gasteiger partial charge in [0.1, 0.15) is 47.2 Å². The topological polar surface area (TPSA) is 229 Å². The van der Waals surface area contributed by atoms with Crippen molar-refractivity contribution in [2.75, 3.05) is 11.9 Å². The van der Waals surface area contributed by atoms with Crippen LogP contribution in [0.15, 0.2) is 77.7 Å². The van der Waals surface area contributed by atoms with E-state index in [-0.39, 0.29) is 52.3 Å². The van der Waals surface area contributed by atoms with Gasteiger partial charge in [-0.1, -0.05) is 27.7 Å². The lowest BCUT2D eigenvalue weighted by Crippen LogP contribution is -2.47. The van der Waals surface area contributed by atoms with Crippen LogP contribution in [-0.2, 0) is 14.3 Å². The molecule has 19 heteroatoms. The monoisotopic (exact) mass is 828 g/mol. The number of hydrogen-bond donors (Lipinski definition) is 5. The second kappa shape index (κ2) is 17.5. The van der Waals surface area contributed by atoms with Crippen molar-refractivity contribution in [3.8, 4) is 40.1 Å². The second-order valence-electron chi connectivity index (χ2n) is 14.6. The number of nitrogens with zero attached hydrogens (tertiary/aromatic N) is 5. The zero-order chi connectivity index (χ0) is 43.5. The molecule has 0 bridgehead atoms. The summed E-state index contributed by atoms with van der Waals surface area (Å²) in [6.45, 7) is 9.24. The highest BCUT2D eigenvalue weighted by Gasteiger charge is 2.52. The third-order valence-corrected chi connectivity index (χ3v) is 9.52. The molecule has 5 aromatic rings. The number of phenolic OH excluding ortho intramolecular Hbond substituents is 2. The van der Waals surface area contributed by atoms with Crippen LogP contribution in [0.2, 0.25) is 0 Å². The number of nitrogens with one attached hydrogen (secondary N) is 3. The zero-order valence-electron chi connectivity index (χ0n) is 33.1. The van der Waals surface area contributed by atoms with E-state index in [1.54, 1.807) is 63.2 Å². The lowest BCUT2D eigenvalue weighted by Gasteiger charge is -2.22. The number of aromatic hydroxyl groups is 2. The Morgan fingerprint density at radius 1 is 0.967 bits per heavy atom. The van der Waals surface area contributed by atoms with E-state index in [2.05, 4.69) is 31.1 Å². The number of carbonyl (C=O) groups excluding carboxylic acids is 4. The number of amides is 3. The number of carbonyl (C=O) groups is 4. The van der Waals surface area contributed by atoms with E-state index in [1.165, 1.54) is 22.8 Å². The summed E-state index contributed by atoms with van der Waals surface area (Å²) < 4.78 is 41.8. The maximum absolute atomic E-state index is 14.4. The molecule has 0 saturated carbocycles. The predicted molar refractivity (Wildman–Crippen MR) is 211 cm³/mol. The Labute approximate surface area is 341 Å². The summed E-state index contributed by atoms with van der Waals surface area (Å²) in [5.41, 5.74) is 0.339. The number of anilines is 1. The van der Waals surface area contributed by atoms with Crippen LogP contribution in [0.3, 0.4) is 0 Å². The van der Waals surface area contributed by atoms with Crippen LogP contribution in [-0.4, -0.2) is 83.1 Å². The summed E-state index contributed by atoms with van der Waals surface area (Å²) in [5, 5.41) is 37.4. The van der Waals surface area contributed by atoms with E-state index in [0.29, 0.717) is 33.9 Å². The van der Waals surface area contributed by atoms with Crippen molar-refractivity contribution >= 4 is 29.8 Å². The highest BCUT2D eigenvalue weighted by molar-refractivity contribution is 6.01. The third kappa shape index (κ3) is 9.00. The van der Waals surface area contributed by atoms with Crippen LogP contribution in [0.1, 0.15) is 79.7 Å². The minimum absolute atomic E-state index is 0.0357. The minimum Gasteiger partial charge on any atom is -0.508 e. The summed E-state index contributed by atoms with van der Waals surface area (Å²) in [7, 11) is 0. The molecular weight excluding hydrogens is 786 g/mol. The first-order valence-corrected chi connectivity index (χ1v) is 18.9. The van der Waals surface area contributed by atoms with Gasteiger partial charge in [-0.2, -0.15) is 4.98 Å². The standard InChI is InChI=1S/C41H42F2N8O9/c1-6-44-38(57)35-49-48-34(29-17-28(21(2)3)30(53)18-31(29)54)51(35)24-9-13-26(14-10-24)59-25-11-7-23(8-12-25)36(55)47-33(22(4)5)37(56)45-32-15-16-50(40(58)46-32)39-41(42,43)19-27(20-52)60-39/h7-18,20-22,27,33,39,53-54H,6,19H2,1-5H3,(H,44,57)(H,47,55)(H,45,46,56,58). The molecule has 1 aliphatic rings. The molecule has 1 aliphatic heterocycles. The molecule has 5 N–H and O–H groups in total. The van der Waals surface area contributed by atoms with Gasteiger partial charge in [-0.15, -0.1) is 10.2 Å². The van der Waals surface area contributed by atoms with Crippen LogP contribution >= 0.6 is 0 Å². The second-order valence-corrected chi connectivity index (χ2v) is 14.6. The fourth-order valence-corrected chi connectivity index (χ4v) is 6.45. The van der Waals surface area contributed by atoms with Gasteiger partial charge in [-0.05, 0) is 85.0 Å². The zero-order valence-corrected chi connectivity index (χ0v) is 33.1. The maximum atomic E-state index is 14.4. The van der Waals surface area contributed by atoms with Crippen molar-refractivity contribution in [2.24, 2.45) is 5.92 Å². The van der Waals surface area contributed by atoms with Crippen molar-refractivity contribution in [1.29, 1.82) is 0 Å². The van der Waals surface area contributed by atoms with E-state index in [4.69, 9.17) is 9.47 Å². The van der Waals surface area contributed by atoms with Crippen LogP contribution < -0.4 is 26.4 Å². The number of hydrogen-bond acceptors (Lipinski definition) is 12. The van der Waals surface area contributed by atoms with Gasteiger partial charge in [0.25, 0.3) is 17.7 Å². The first kappa shape index (κ1) is 42.6. The predicted octanol–water partition coefficient (Wildman–Crippen LogP) is 5.08. The first-order valence-electron chi connectivity index (χ1n) is 18.9. The Balaban J connectivity index is 1.13. The fourth-order valence-electron chi connectivity index (χ4n) is 6.45. The summed E-state index contributed by atoms with van der Waals surface area (Å²) >= 11 is 0. The highest BCUT2D eigenvalue weighted by atomic mass is 19.3. The SMILES string of the molecule is CCNC(=O)c1nnc(-c2cc(C(C)C)c(O)cc2O)n1-c1ccc(Oc2ccc(C(=O)NC(C(=O)Nc3ccn(C4OC(C=O)CC4(F)F)c(=O)n3)C(C)C)cc2)cc1. The number of benzene rings is 3. The average molecular weight is 829 g/mol. The summed E-state index contributed by atoms with van der Waals surface area (Å²) in [6.07, 6.45) is -3.11. The highest BCUT2D eigenvalue weighted by Crippen LogP contribution is 2.41. The molecule has 1 fully saturated rings. The molecular formula is C41H42F2N8O9. The Kier molecular flexibility index (Phi) is 12.4. The van der Waals surface area contributed by atoms with Gasteiger partial charge in [0, 0.05) is 36.5 Å². The Bertz CT molecular complexity index is 2470. The lowest BCUT2D eigenvalue weighted by atomic mass is 9.98. The maximum Gasteiger partial charge on any atom is 0.351 e. The Hall–Kier alpha value is -7.02. The molecule has 60 heavy (non-hydrogen) atoms. The first-order chi connectivity index (χ1) is 28.5. The van der Waals surface area contributed by atoms with E-state index < -0.39 is 60.0 Å². The number of halogens is 2. The molecule has 3 heterocycles. The smallest absolute Gasteiger partial charge is 0.351 e. The van der Waals surface area contributed by atoms with Gasteiger partial charge in [-0.25, -0.2) is 13.6 Å². The fraction of sp³-hybridized carbons (Fsp3) is 0.317. The molecule has 3 amide bonds. The summed E-state index contributed by atoms with van der Waals surface area (Å²) in [5.74, 6) is -5.52. The number of aldehydes is 1. The van der Waals surface area contributed by atoms with Crippen molar-refractivity contribution in [3.63, 3.8) is 0 Å². The largest absolute Gasteiger partial charge is 0.508 e. The molecule has 0 spiro atoms. The molecule has 0 aliphatic carbocycles. The van der Waals surface area contributed by atoms with Crippen molar-refractivity contribution < 1.29 is 47.6 Å². The van der Waals surface area contributed by atoms with Gasteiger partial charge in [-0.3, -0.25) is 23.5 Å². The van der Waals surface area contributed by atoms with Crippen LogP contribution in [0, 0.1) is 5.92 Å². The molecule has 3 unspecified atom stereocenters. The normalized spacial score (nSPS) is 16.4.